The van der Waals surface area contributed by atoms with Crippen molar-refractivity contribution in [2.75, 3.05) is 11.9 Å². The third-order valence-corrected chi connectivity index (χ3v) is 3.95. The zero-order chi connectivity index (χ0) is 14.3. The molecule has 0 spiro atoms. The van der Waals surface area contributed by atoms with Crippen molar-refractivity contribution in [3.8, 4) is 0 Å². The highest BCUT2D eigenvalue weighted by Gasteiger charge is 2.40. The van der Waals surface area contributed by atoms with Crippen molar-refractivity contribution in [3.05, 3.63) is 40.3 Å². The summed E-state index contributed by atoms with van der Waals surface area (Å²) in [5, 5.41) is 6.69. The van der Waals surface area contributed by atoms with E-state index in [1.807, 2.05) is 6.07 Å². The second-order valence-corrected chi connectivity index (χ2v) is 5.26. The molecule has 20 heavy (non-hydrogen) atoms. The van der Waals surface area contributed by atoms with Gasteiger partial charge < -0.3 is 5.32 Å². The number of hydrogen-bond acceptors (Lipinski definition) is 3. The maximum atomic E-state index is 12.9. The van der Waals surface area contributed by atoms with Crippen LogP contribution >= 0.6 is 15.9 Å². The minimum atomic E-state index is -4.48. The molecule has 0 saturated heterocycles. The Morgan fingerprint density at radius 3 is 2.85 bits per heavy atom. The molecular weight excluding hydrogens is 337 g/mol. The van der Waals surface area contributed by atoms with Crippen molar-refractivity contribution in [3.63, 3.8) is 0 Å². The Morgan fingerprint density at radius 1 is 1.40 bits per heavy atom. The van der Waals surface area contributed by atoms with Crippen molar-refractivity contribution in [1.82, 2.24) is 14.8 Å². The molecule has 1 aliphatic rings. The predicted octanol–water partition coefficient (Wildman–Crippen LogP) is 3.46. The molecule has 0 bridgehead atoms. The van der Waals surface area contributed by atoms with Crippen LogP contribution in [0, 0.1) is 0 Å². The molecule has 0 aliphatic carbocycles. The van der Waals surface area contributed by atoms with Gasteiger partial charge in [0.25, 0.3) is 0 Å². The van der Waals surface area contributed by atoms with E-state index in [-0.39, 0.29) is 10.5 Å². The fourth-order valence-corrected chi connectivity index (χ4v) is 2.94. The van der Waals surface area contributed by atoms with Crippen molar-refractivity contribution in [2.24, 2.45) is 0 Å². The summed E-state index contributed by atoms with van der Waals surface area (Å²) < 4.78 is 40.1. The van der Waals surface area contributed by atoms with Crippen LogP contribution in [0.15, 0.2) is 29.0 Å². The second kappa shape index (κ2) is 4.76. The number of aromatic nitrogens is 3. The number of hydrogen-bond donors (Lipinski definition) is 1. The number of alkyl halides is 3. The zero-order valence-electron chi connectivity index (χ0n) is 10.2. The standard InChI is InChI=1S/C12H10BrF3N4/c13-9-10(12(14,15)16)19-20-8(3-5-18-11(9)20)7-2-1-4-17-6-7/h1-2,4,6,8,18H,3,5H2. The minimum Gasteiger partial charge on any atom is -0.369 e. The van der Waals surface area contributed by atoms with Gasteiger partial charge in [0.2, 0.25) is 0 Å². The lowest BCUT2D eigenvalue weighted by molar-refractivity contribution is -0.142. The van der Waals surface area contributed by atoms with E-state index >= 15 is 0 Å². The first-order valence-electron chi connectivity index (χ1n) is 5.97. The first-order chi connectivity index (χ1) is 9.48. The summed E-state index contributed by atoms with van der Waals surface area (Å²) in [5.74, 6) is 0.359. The van der Waals surface area contributed by atoms with Gasteiger partial charge in [-0.05, 0) is 34.0 Å². The quantitative estimate of drug-likeness (QED) is 0.859. The fourth-order valence-electron chi connectivity index (χ4n) is 2.31. The van der Waals surface area contributed by atoms with Crippen LogP contribution in [-0.2, 0) is 6.18 Å². The normalized spacial score (nSPS) is 18.5. The smallest absolute Gasteiger partial charge is 0.369 e. The number of nitrogens with one attached hydrogen (secondary N) is 1. The molecule has 0 radical (unpaired) electrons. The van der Waals surface area contributed by atoms with Gasteiger partial charge in [0, 0.05) is 18.9 Å². The van der Waals surface area contributed by atoms with Gasteiger partial charge in [-0.2, -0.15) is 18.3 Å². The van der Waals surface area contributed by atoms with E-state index in [4.69, 9.17) is 0 Å². The van der Waals surface area contributed by atoms with Crippen LogP contribution in [0.4, 0.5) is 19.0 Å². The van der Waals surface area contributed by atoms with Gasteiger partial charge >= 0.3 is 6.18 Å². The molecule has 3 heterocycles. The molecular formula is C12H10BrF3N4. The monoisotopic (exact) mass is 346 g/mol. The lowest BCUT2D eigenvalue weighted by atomic mass is 10.0. The number of rotatable bonds is 1. The van der Waals surface area contributed by atoms with Gasteiger partial charge in [-0.15, -0.1) is 0 Å². The van der Waals surface area contributed by atoms with Crippen LogP contribution < -0.4 is 5.32 Å². The zero-order valence-corrected chi connectivity index (χ0v) is 11.7. The lowest BCUT2D eigenvalue weighted by Crippen LogP contribution is -2.24. The minimum absolute atomic E-state index is 0.0430. The molecule has 1 N–H and O–H groups in total. The Morgan fingerprint density at radius 2 is 2.20 bits per heavy atom. The second-order valence-electron chi connectivity index (χ2n) is 4.47. The maximum Gasteiger partial charge on any atom is 0.436 e. The predicted molar refractivity (Wildman–Crippen MR) is 70.4 cm³/mol. The van der Waals surface area contributed by atoms with Gasteiger partial charge in [-0.3, -0.25) is 4.98 Å². The molecule has 0 fully saturated rings. The van der Waals surface area contributed by atoms with Crippen molar-refractivity contribution < 1.29 is 13.2 Å². The molecule has 1 unspecified atom stereocenters. The lowest BCUT2D eigenvalue weighted by Gasteiger charge is -2.25. The van der Waals surface area contributed by atoms with Crippen LogP contribution in [0.3, 0.4) is 0 Å². The van der Waals surface area contributed by atoms with E-state index in [0.717, 1.165) is 5.56 Å². The van der Waals surface area contributed by atoms with Crippen molar-refractivity contribution in [1.29, 1.82) is 0 Å². The van der Waals surface area contributed by atoms with E-state index < -0.39 is 11.9 Å². The third-order valence-electron chi connectivity index (χ3n) is 3.20. The Kier molecular flexibility index (Phi) is 3.19. The number of halogens is 4. The van der Waals surface area contributed by atoms with E-state index in [1.54, 1.807) is 18.5 Å². The first-order valence-corrected chi connectivity index (χ1v) is 6.77. The number of anilines is 1. The number of pyridine rings is 1. The van der Waals surface area contributed by atoms with Crippen LogP contribution in [0.2, 0.25) is 0 Å². The van der Waals surface area contributed by atoms with Crippen LogP contribution in [0.25, 0.3) is 0 Å². The fraction of sp³-hybridized carbons (Fsp3) is 0.333. The molecule has 0 aromatic carbocycles. The van der Waals surface area contributed by atoms with E-state index in [9.17, 15) is 13.2 Å². The Hall–Kier alpha value is -1.57. The molecule has 4 nitrogen and oxygen atoms in total. The van der Waals surface area contributed by atoms with Crippen molar-refractivity contribution in [2.45, 2.75) is 18.6 Å². The Labute approximate surface area is 121 Å². The Bertz CT molecular complexity index is 624. The van der Waals surface area contributed by atoms with Crippen molar-refractivity contribution >= 4 is 21.7 Å². The Balaban J connectivity index is 2.10. The third kappa shape index (κ3) is 2.17. The maximum absolute atomic E-state index is 12.9. The van der Waals surface area contributed by atoms with Gasteiger partial charge in [-0.25, -0.2) is 4.68 Å². The largest absolute Gasteiger partial charge is 0.436 e. The molecule has 2 aromatic heterocycles. The van der Waals surface area contributed by atoms with Crippen LogP contribution in [0.1, 0.15) is 23.7 Å². The molecule has 1 atom stereocenters. The summed E-state index contributed by atoms with van der Waals surface area (Å²) in [6.07, 6.45) is -0.539. The van der Waals surface area contributed by atoms with Gasteiger partial charge in [-0.1, -0.05) is 6.07 Å². The summed E-state index contributed by atoms with van der Waals surface area (Å²) in [7, 11) is 0. The van der Waals surface area contributed by atoms with Gasteiger partial charge in [0.05, 0.1) is 10.5 Å². The molecule has 3 rings (SSSR count). The van der Waals surface area contributed by atoms with Crippen LogP contribution in [0.5, 0.6) is 0 Å². The highest BCUT2D eigenvalue weighted by atomic mass is 79.9. The highest BCUT2D eigenvalue weighted by molar-refractivity contribution is 9.10. The van der Waals surface area contributed by atoms with Crippen LogP contribution in [-0.4, -0.2) is 21.3 Å². The van der Waals surface area contributed by atoms with E-state index in [0.29, 0.717) is 18.8 Å². The highest BCUT2D eigenvalue weighted by Crippen LogP contribution is 2.41. The average molecular weight is 347 g/mol. The SMILES string of the molecule is FC(F)(F)c1nn2c(c1Br)NCCC2c1cccnc1. The number of fused-ring (bicyclic) bond motifs is 1. The molecule has 106 valence electrons. The average Bonchev–Trinajstić information content (AvgIpc) is 2.77. The van der Waals surface area contributed by atoms with Gasteiger partial charge in [0.1, 0.15) is 5.82 Å². The molecule has 2 aromatic rings. The van der Waals surface area contributed by atoms with Gasteiger partial charge in [0.15, 0.2) is 5.69 Å². The first kappa shape index (κ1) is 13.4. The molecule has 8 heteroatoms. The van der Waals surface area contributed by atoms with E-state index in [1.165, 1.54) is 4.68 Å². The summed E-state index contributed by atoms with van der Waals surface area (Å²) >= 11 is 2.99. The topological polar surface area (TPSA) is 42.7 Å². The molecule has 0 amide bonds. The number of nitrogens with zero attached hydrogens (tertiary/aromatic N) is 3. The summed E-state index contributed by atoms with van der Waals surface area (Å²) in [5.41, 5.74) is -0.0604. The summed E-state index contributed by atoms with van der Waals surface area (Å²) in [6.45, 7) is 0.584. The summed E-state index contributed by atoms with van der Waals surface area (Å²) in [6, 6.07) is 3.36. The summed E-state index contributed by atoms with van der Waals surface area (Å²) in [4.78, 5) is 4.02. The molecule has 1 aliphatic heterocycles. The van der Waals surface area contributed by atoms with E-state index in [2.05, 4.69) is 31.3 Å². The molecule has 0 saturated carbocycles.